The summed E-state index contributed by atoms with van der Waals surface area (Å²) >= 11 is 0. The highest BCUT2D eigenvalue weighted by molar-refractivity contribution is 5.94. The van der Waals surface area contributed by atoms with E-state index in [1.807, 2.05) is 74.5 Å². The molecule has 3 aromatic carbocycles. The maximum atomic E-state index is 13.5. The first-order valence-corrected chi connectivity index (χ1v) is 16.0. The van der Waals surface area contributed by atoms with Crippen LogP contribution in [0.3, 0.4) is 0 Å². The first-order chi connectivity index (χ1) is 21.5. The van der Waals surface area contributed by atoms with Gasteiger partial charge in [-0.15, -0.1) is 0 Å². The minimum Gasteiger partial charge on any atom is -0.457 e. The number of ether oxygens (including phenoxy) is 1. The van der Waals surface area contributed by atoms with E-state index in [1.54, 1.807) is 24.3 Å². The lowest BCUT2D eigenvalue weighted by Crippen LogP contribution is -2.53. The first-order valence-electron chi connectivity index (χ1n) is 16.0. The lowest BCUT2D eigenvalue weighted by molar-refractivity contribution is -0.130. The van der Waals surface area contributed by atoms with Crippen molar-refractivity contribution in [3.8, 4) is 11.5 Å². The fourth-order valence-corrected chi connectivity index (χ4v) is 5.18. The molecule has 0 fully saturated rings. The van der Waals surface area contributed by atoms with Crippen LogP contribution in [0.1, 0.15) is 76.2 Å². The van der Waals surface area contributed by atoms with Crippen LogP contribution in [0.15, 0.2) is 84.9 Å². The second kappa shape index (κ2) is 18.0. The van der Waals surface area contributed by atoms with Crippen molar-refractivity contribution >= 4 is 17.7 Å². The van der Waals surface area contributed by atoms with Gasteiger partial charge < -0.3 is 25.8 Å². The number of aliphatic hydroxyl groups is 1. The van der Waals surface area contributed by atoms with Crippen LogP contribution in [0.2, 0.25) is 0 Å². The molecule has 0 aliphatic heterocycles. The second-order valence-corrected chi connectivity index (χ2v) is 12.3. The Bertz CT molecular complexity index is 1350. The average molecular weight is 616 g/mol. The van der Waals surface area contributed by atoms with Crippen LogP contribution in [0.25, 0.3) is 0 Å². The van der Waals surface area contributed by atoms with Crippen molar-refractivity contribution < 1.29 is 24.2 Å². The number of hydrogen-bond donors (Lipinski definition) is 4. The fourth-order valence-electron chi connectivity index (χ4n) is 5.18. The summed E-state index contributed by atoms with van der Waals surface area (Å²) in [4.78, 5) is 38.8. The molecule has 242 valence electrons. The Morgan fingerprint density at radius 1 is 0.800 bits per heavy atom. The molecule has 5 atom stereocenters. The Kier molecular flexibility index (Phi) is 14.1. The van der Waals surface area contributed by atoms with Gasteiger partial charge in [0.05, 0.1) is 12.1 Å². The summed E-state index contributed by atoms with van der Waals surface area (Å²) in [6.45, 7) is 9.55. The monoisotopic (exact) mass is 615 g/mol. The highest BCUT2D eigenvalue weighted by Gasteiger charge is 2.30. The Labute approximate surface area is 268 Å². The third-order valence-electron chi connectivity index (χ3n) is 7.97. The van der Waals surface area contributed by atoms with E-state index in [0.29, 0.717) is 35.8 Å². The molecule has 0 spiro atoms. The standard InChI is InChI=1S/C37H49N3O5/c1-6-26(4)35(38-27(5)41)37(44)39-30(21-20-25(2)3)24-34(42)33(22-28-14-9-7-10-15-28)40-36(43)29-16-13-19-32(23-29)45-31-17-11-8-12-18-31/h7-19,23,25-26,30,33-35,42H,6,20-22,24H2,1-5H3,(H,38,41)(H,39,44)(H,40,43)/t26?,30?,33?,34-,35-/m0/s1. The lowest BCUT2D eigenvalue weighted by atomic mass is 9.92. The van der Waals surface area contributed by atoms with Crippen LogP contribution in [-0.2, 0) is 16.0 Å². The Balaban J connectivity index is 1.80. The molecule has 8 nitrogen and oxygen atoms in total. The molecule has 3 unspecified atom stereocenters. The molecule has 0 heterocycles. The smallest absolute Gasteiger partial charge is 0.251 e. The molecule has 0 radical (unpaired) electrons. The topological polar surface area (TPSA) is 117 Å². The largest absolute Gasteiger partial charge is 0.457 e. The van der Waals surface area contributed by atoms with Crippen molar-refractivity contribution in [1.29, 1.82) is 0 Å². The van der Waals surface area contributed by atoms with Crippen molar-refractivity contribution in [3.05, 3.63) is 96.1 Å². The number of para-hydroxylation sites is 1. The minimum atomic E-state index is -0.960. The van der Waals surface area contributed by atoms with Gasteiger partial charge in [-0.2, -0.15) is 0 Å². The highest BCUT2D eigenvalue weighted by Crippen LogP contribution is 2.23. The Morgan fingerprint density at radius 2 is 1.44 bits per heavy atom. The molecule has 0 saturated carbocycles. The van der Waals surface area contributed by atoms with Gasteiger partial charge >= 0.3 is 0 Å². The quantitative estimate of drug-likeness (QED) is 0.148. The van der Waals surface area contributed by atoms with Crippen molar-refractivity contribution in [2.75, 3.05) is 0 Å². The third kappa shape index (κ3) is 12.0. The van der Waals surface area contributed by atoms with Gasteiger partial charge in [0, 0.05) is 18.5 Å². The summed E-state index contributed by atoms with van der Waals surface area (Å²) in [6, 6.07) is 24.3. The number of hydrogen-bond acceptors (Lipinski definition) is 5. The minimum absolute atomic E-state index is 0.0590. The summed E-state index contributed by atoms with van der Waals surface area (Å²) in [5.41, 5.74) is 1.37. The van der Waals surface area contributed by atoms with Crippen molar-refractivity contribution in [2.24, 2.45) is 11.8 Å². The van der Waals surface area contributed by atoms with Gasteiger partial charge in [-0.05, 0) is 73.4 Å². The maximum absolute atomic E-state index is 13.5. The zero-order chi connectivity index (χ0) is 32.8. The van der Waals surface area contributed by atoms with E-state index >= 15 is 0 Å². The molecule has 0 aliphatic rings. The van der Waals surface area contributed by atoms with Crippen molar-refractivity contribution in [1.82, 2.24) is 16.0 Å². The van der Waals surface area contributed by atoms with E-state index in [4.69, 9.17) is 4.74 Å². The third-order valence-corrected chi connectivity index (χ3v) is 7.97. The summed E-state index contributed by atoms with van der Waals surface area (Å²) in [6.07, 6.45) is 1.90. The SMILES string of the molecule is CCC(C)[C@H](NC(C)=O)C(=O)NC(CCC(C)C)C[C@H](O)C(Cc1ccccc1)NC(=O)c1cccc(Oc2ccccc2)c1. The van der Waals surface area contributed by atoms with Crippen LogP contribution >= 0.6 is 0 Å². The summed E-state index contributed by atoms with van der Waals surface area (Å²) in [5, 5.41) is 20.6. The van der Waals surface area contributed by atoms with E-state index in [2.05, 4.69) is 29.8 Å². The van der Waals surface area contributed by atoms with Crippen molar-refractivity contribution in [3.63, 3.8) is 0 Å². The predicted octanol–water partition coefficient (Wildman–Crippen LogP) is 6.04. The Hall–Kier alpha value is -4.17. The number of carbonyl (C=O) groups is 3. The van der Waals surface area contributed by atoms with E-state index in [1.165, 1.54) is 6.92 Å². The molecular weight excluding hydrogens is 566 g/mol. The number of rotatable bonds is 17. The van der Waals surface area contributed by atoms with Gasteiger partial charge in [-0.3, -0.25) is 14.4 Å². The molecule has 4 N–H and O–H groups in total. The van der Waals surface area contributed by atoms with Crippen molar-refractivity contribution in [2.45, 2.75) is 91.0 Å². The molecule has 0 saturated heterocycles. The number of carbonyl (C=O) groups excluding carboxylic acids is 3. The maximum Gasteiger partial charge on any atom is 0.251 e. The van der Waals surface area contributed by atoms with E-state index in [9.17, 15) is 19.5 Å². The van der Waals surface area contributed by atoms with Gasteiger partial charge in [0.2, 0.25) is 11.8 Å². The van der Waals surface area contributed by atoms with Gasteiger partial charge in [-0.1, -0.05) is 88.7 Å². The zero-order valence-corrected chi connectivity index (χ0v) is 27.2. The second-order valence-electron chi connectivity index (χ2n) is 12.3. The molecule has 3 amide bonds. The molecule has 0 aliphatic carbocycles. The average Bonchev–Trinajstić information content (AvgIpc) is 3.02. The van der Waals surface area contributed by atoms with Crippen LogP contribution < -0.4 is 20.7 Å². The fraction of sp³-hybridized carbons (Fsp3) is 0.432. The van der Waals surface area contributed by atoms with Crippen LogP contribution in [-0.4, -0.2) is 47.1 Å². The summed E-state index contributed by atoms with van der Waals surface area (Å²) in [5.74, 6) is 0.663. The predicted molar refractivity (Wildman–Crippen MR) is 178 cm³/mol. The van der Waals surface area contributed by atoms with Gasteiger partial charge in [-0.25, -0.2) is 0 Å². The summed E-state index contributed by atoms with van der Waals surface area (Å²) < 4.78 is 5.93. The lowest BCUT2D eigenvalue weighted by Gasteiger charge is -2.31. The number of nitrogens with one attached hydrogen (secondary N) is 3. The zero-order valence-electron chi connectivity index (χ0n) is 27.2. The molecule has 45 heavy (non-hydrogen) atoms. The molecule has 8 heteroatoms. The molecule has 3 rings (SSSR count). The van der Waals surface area contributed by atoms with Gasteiger partial charge in [0.25, 0.3) is 5.91 Å². The van der Waals surface area contributed by atoms with Crippen LogP contribution in [0, 0.1) is 11.8 Å². The Morgan fingerprint density at radius 3 is 2.07 bits per heavy atom. The van der Waals surface area contributed by atoms with Gasteiger partial charge in [0.1, 0.15) is 17.5 Å². The molecular formula is C37H49N3O5. The van der Waals surface area contributed by atoms with E-state index < -0.39 is 18.2 Å². The first kappa shape index (κ1) is 35.3. The van der Waals surface area contributed by atoms with E-state index in [-0.39, 0.29) is 36.1 Å². The van der Waals surface area contributed by atoms with Gasteiger partial charge in [0.15, 0.2) is 0 Å². The molecule has 0 bridgehead atoms. The molecule has 3 aromatic rings. The number of benzene rings is 3. The van der Waals surface area contributed by atoms with Crippen LogP contribution in [0.4, 0.5) is 0 Å². The summed E-state index contributed by atoms with van der Waals surface area (Å²) in [7, 11) is 0. The van der Waals surface area contributed by atoms with Crippen LogP contribution in [0.5, 0.6) is 11.5 Å². The number of amides is 3. The normalized spacial score (nSPS) is 14.5. The number of aliphatic hydroxyl groups excluding tert-OH is 1. The van der Waals surface area contributed by atoms with E-state index in [0.717, 1.165) is 18.4 Å². The molecule has 0 aromatic heterocycles. The highest BCUT2D eigenvalue weighted by atomic mass is 16.5.